The largest absolute Gasteiger partial charge is 0.481 e. The molecular weight excluding hydrogens is 278 g/mol. The highest BCUT2D eigenvalue weighted by Gasteiger charge is 2.37. The van der Waals surface area contributed by atoms with Gasteiger partial charge in [-0.15, -0.1) is 0 Å². The van der Waals surface area contributed by atoms with Crippen LogP contribution in [0, 0.1) is 5.92 Å². The maximum absolute atomic E-state index is 10.8. The second-order valence-electron chi connectivity index (χ2n) is 4.92. The van der Waals surface area contributed by atoms with E-state index in [2.05, 4.69) is 21.5 Å². The van der Waals surface area contributed by atoms with Crippen molar-refractivity contribution in [2.24, 2.45) is 5.92 Å². The van der Waals surface area contributed by atoms with E-state index in [1.165, 1.54) is 11.8 Å². The van der Waals surface area contributed by atoms with Crippen LogP contribution in [0.25, 0.3) is 11.2 Å². The van der Waals surface area contributed by atoms with E-state index < -0.39 is 5.97 Å². The number of hydrogen-bond donors (Lipinski definition) is 1. The van der Waals surface area contributed by atoms with Crippen molar-refractivity contribution < 1.29 is 14.6 Å². The van der Waals surface area contributed by atoms with Crippen molar-refractivity contribution in [3.8, 4) is 5.88 Å². The van der Waals surface area contributed by atoms with Crippen molar-refractivity contribution in [2.45, 2.75) is 24.5 Å². The molecule has 0 radical (unpaired) electrons. The van der Waals surface area contributed by atoms with E-state index in [4.69, 9.17) is 9.84 Å². The van der Waals surface area contributed by atoms with Crippen LogP contribution in [0.1, 0.15) is 19.4 Å². The van der Waals surface area contributed by atoms with Gasteiger partial charge in [0.1, 0.15) is 5.52 Å². The van der Waals surface area contributed by atoms with Crippen molar-refractivity contribution in [3.05, 3.63) is 12.1 Å². The van der Waals surface area contributed by atoms with Crippen LogP contribution in [0.2, 0.25) is 0 Å². The monoisotopic (exact) mass is 293 g/mol. The lowest BCUT2D eigenvalue weighted by atomic mass is 10.4. The quantitative estimate of drug-likeness (QED) is 0.852. The van der Waals surface area contributed by atoms with Gasteiger partial charge in [-0.25, -0.2) is 4.98 Å². The molecule has 0 bridgehead atoms. The number of aromatic nitrogens is 3. The minimum atomic E-state index is -0.844. The number of carboxylic acids is 1. The average Bonchev–Trinajstić information content (AvgIpc) is 3.02. The molecule has 0 spiro atoms. The molecule has 2 aromatic heterocycles. The third-order valence-electron chi connectivity index (χ3n) is 3.41. The van der Waals surface area contributed by atoms with Crippen LogP contribution in [0.5, 0.6) is 5.88 Å². The van der Waals surface area contributed by atoms with E-state index in [0.29, 0.717) is 17.8 Å². The van der Waals surface area contributed by atoms with Gasteiger partial charge in [0.25, 0.3) is 0 Å². The Morgan fingerprint density at radius 2 is 2.30 bits per heavy atom. The minimum Gasteiger partial charge on any atom is -0.481 e. The first kappa shape index (κ1) is 13.2. The Hall–Kier alpha value is -1.76. The van der Waals surface area contributed by atoms with E-state index >= 15 is 0 Å². The van der Waals surface area contributed by atoms with Crippen LogP contribution in [0.15, 0.2) is 17.3 Å². The molecule has 2 unspecified atom stereocenters. The van der Waals surface area contributed by atoms with E-state index in [1.54, 1.807) is 13.2 Å². The molecule has 6 nitrogen and oxygen atoms in total. The van der Waals surface area contributed by atoms with Crippen LogP contribution < -0.4 is 4.74 Å². The number of pyridine rings is 1. The molecule has 1 aliphatic carbocycles. The fourth-order valence-corrected chi connectivity index (χ4v) is 3.02. The lowest BCUT2D eigenvalue weighted by molar-refractivity contribution is -0.133. The summed E-state index contributed by atoms with van der Waals surface area (Å²) in [6, 6.07) is 3.98. The Bertz CT molecular complexity index is 670. The van der Waals surface area contributed by atoms with Gasteiger partial charge in [-0.2, -0.15) is 4.98 Å². The molecule has 0 saturated heterocycles. The molecular formula is C13H15N3O3S. The number of methoxy groups -OCH3 is 1. The van der Waals surface area contributed by atoms with Crippen molar-refractivity contribution in [2.75, 3.05) is 12.9 Å². The Morgan fingerprint density at radius 1 is 1.55 bits per heavy atom. The molecule has 2 atom stereocenters. The van der Waals surface area contributed by atoms with Gasteiger partial charge in [0.05, 0.1) is 12.9 Å². The summed E-state index contributed by atoms with van der Waals surface area (Å²) in [5.41, 5.74) is 1.55. The molecule has 20 heavy (non-hydrogen) atoms. The lowest BCUT2D eigenvalue weighted by Gasteiger charge is -2.06. The third-order valence-corrected chi connectivity index (χ3v) is 4.35. The molecule has 1 saturated carbocycles. The van der Waals surface area contributed by atoms with Crippen molar-refractivity contribution in [3.63, 3.8) is 0 Å². The van der Waals surface area contributed by atoms with Crippen molar-refractivity contribution in [1.29, 1.82) is 0 Å². The van der Waals surface area contributed by atoms with Crippen LogP contribution in [-0.2, 0) is 4.79 Å². The maximum atomic E-state index is 10.8. The highest BCUT2D eigenvalue weighted by atomic mass is 32.2. The zero-order valence-electron chi connectivity index (χ0n) is 11.2. The zero-order chi connectivity index (χ0) is 14.3. The molecule has 0 aromatic carbocycles. The second-order valence-corrected chi connectivity index (χ2v) is 5.87. The molecule has 2 aromatic rings. The normalized spacial score (nSPS) is 21.1. The summed E-state index contributed by atoms with van der Waals surface area (Å²) in [6.07, 6.45) is 1.07. The summed E-state index contributed by atoms with van der Waals surface area (Å²) in [5, 5.41) is 9.56. The average molecular weight is 293 g/mol. The van der Waals surface area contributed by atoms with Crippen LogP contribution in [0.4, 0.5) is 0 Å². The van der Waals surface area contributed by atoms with Gasteiger partial charge >= 0.3 is 5.97 Å². The molecule has 0 amide bonds. The number of imidazole rings is 1. The predicted octanol–water partition coefficient (Wildman–Crippen LogP) is 2.20. The fourth-order valence-electron chi connectivity index (χ4n) is 2.24. The first-order chi connectivity index (χ1) is 9.60. The minimum absolute atomic E-state index is 0.00155. The van der Waals surface area contributed by atoms with Gasteiger partial charge < -0.3 is 14.4 Å². The molecule has 1 N–H and O–H groups in total. The van der Waals surface area contributed by atoms with Gasteiger partial charge in [0.15, 0.2) is 10.8 Å². The lowest BCUT2D eigenvalue weighted by Crippen LogP contribution is -2.03. The van der Waals surface area contributed by atoms with Gasteiger partial charge in [0, 0.05) is 12.1 Å². The third kappa shape index (κ3) is 2.33. The highest BCUT2D eigenvalue weighted by molar-refractivity contribution is 7.99. The molecule has 1 aliphatic rings. The Labute approximate surface area is 120 Å². The summed E-state index contributed by atoms with van der Waals surface area (Å²) >= 11 is 1.24. The van der Waals surface area contributed by atoms with Crippen LogP contribution in [0.3, 0.4) is 0 Å². The first-order valence-corrected chi connectivity index (χ1v) is 7.36. The van der Waals surface area contributed by atoms with Gasteiger partial charge in [-0.1, -0.05) is 18.7 Å². The number of fused-ring (bicyclic) bond motifs is 1. The number of nitrogens with zero attached hydrogens (tertiary/aromatic N) is 3. The topological polar surface area (TPSA) is 77.2 Å². The SMILES string of the molecule is COc1ccc2nc(SCC(=O)O)n(C3CC3C)c2n1. The number of thioether (sulfide) groups is 1. The van der Waals surface area contributed by atoms with E-state index in [9.17, 15) is 4.79 Å². The summed E-state index contributed by atoms with van der Waals surface area (Å²) in [7, 11) is 1.58. The maximum Gasteiger partial charge on any atom is 0.313 e. The standard InChI is InChI=1S/C13H15N3O3S/c1-7-5-9(7)16-12-8(3-4-10(15-12)19-2)14-13(16)20-6-11(17)18/h3-4,7,9H,5-6H2,1-2H3,(H,17,18). The van der Waals surface area contributed by atoms with E-state index in [0.717, 1.165) is 22.7 Å². The van der Waals surface area contributed by atoms with Crippen LogP contribution in [-0.4, -0.2) is 38.5 Å². The summed E-state index contributed by atoms with van der Waals surface area (Å²) in [4.78, 5) is 19.7. The van der Waals surface area contributed by atoms with E-state index in [1.807, 2.05) is 6.07 Å². The van der Waals surface area contributed by atoms with Gasteiger partial charge in [0.2, 0.25) is 5.88 Å². The smallest absolute Gasteiger partial charge is 0.313 e. The highest BCUT2D eigenvalue weighted by Crippen LogP contribution is 2.46. The summed E-state index contributed by atoms with van der Waals surface area (Å²) in [5.74, 6) is 0.274. The van der Waals surface area contributed by atoms with E-state index in [-0.39, 0.29) is 5.75 Å². The first-order valence-electron chi connectivity index (χ1n) is 6.37. The number of hydrogen-bond acceptors (Lipinski definition) is 5. The van der Waals surface area contributed by atoms with Gasteiger partial charge in [-0.05, 0) is 18.4 Å². The molecule has 7 heteroatoms. The van der Waals surface area contributed by atoms with Crippen molar-refractivity contribution >= 4 is 28.9 Å². The fraction of sp³-hybridized carbons (Fsp3) is 0.462. The summed E-state index contributed by atoms with van der Waals surface area (Å²) in [6.45, 7) is 2.17. The van der Waals surface area contributed by atoms with Crippen molar-refractivity contribution in [1.82, 2.24) is 14.5 Å². The number of rotatable bonds is 5. The zero-order valence-corrected chi connectivity index (χ0v) is 12.1. The number of aliphatic carboxylic acids is 1. The number of carbonyl (C=O) groups is 1. The number of ether oxygens (including phenoxy) is 1. The van der Waals surface area contributed by atoms with Gasteiger partial charge in [-0.3, -0.25) is 4.79 Å². The molecule has 1 fully saturated rings. The molecule has 0 aliphatic heterocycles. The molecule has 3 rings (SSSR count). The predicted molar refractivity (Wildman–Crippen MR) is 75.3 cm³/mol. The number of carboxylic acid groups (broad SMARTS) is 1. The van der Waals surface area contributed by atoms with Crippen LogP contribution >= 0.6 is 11.8 Å². The molecule has 106 valence electrons. The Kier molecular flexibility index (Phi) is 3.29. The second kappa shape index (κ2) is 4.97. The Balaban J connectivity index is 2.06. The molecule has 2 heterocycles. The summed E-state index contributed by atoms with van der Waals surface area (Å²) < 4.78 is 7.21. The Morgan fingerprint density at radius 3 is 2.90 bits per heavy atom.